The van der Waals surface area contributed by atoms with Crippen LogP contribution in [0.3, 0.4) is 0 Å². The van der Waals surface area contributed by atoms with Crippen molar-refractivity contribution in [1.29, 1.82) is 0 Å². The zero-order chi connectivity index (χ0) is 26.7. The fourth-order valence-corrected chi connectivity index (χ4v) is 6.11. The third-order valence-electron chi connectivity index (χ3n) is 8.55. The number of allylic oxidation sites excluding steroid dienone is 2. The molecule has 2 saturated carbocycles. The Labute approximate surface area is 230 Å². The second kappa shape index (κ2) is 14.4. The molecule has 4 rings (SSSR count). The highest BCUT2D eigenvalue weighted by molar-refractivity contribution is 6.03. The summed E-state index contributed by atoms with van der Waals surface area (Å²) in [6, 6.07) is 17.1. The standard InChI is InChI=1S/C36H46O2/c1-3-5-7-9-11-31-21-23-33(35(31)37)25-27-13-17-29(18-14-27)30-19-15-28(16-20-30)26-34-24-22-32(36(34)38)12-10-8-6-4-2/h13-20,25-26,31-32H,3-12,21-24H2,1-2H3. The SMILES string of the molecule is CCCCCCC1CCC(=Cc2ccc(-c3ccc(C=C4CCC(CCCCCC)C4=O)cc3)cc2)C1=O. The number of carbonyl (C=O) groups excluding carboxylic acids is 2. The summed E-state index contributed by atoms with van der Waals surface area (Å²) in [5, 5.41) is 0. The zero-order valence-corrected chi connectivity index (χ0v) is 23.6. The van der Waals surface area contributed by atoms with Crippen molar-refractivity contribution in [3.05, 3.63) is 70.8 Å². The molecule has 2 heteroatoms. The van der Waals surface area contributed by atoms with E-state index in [1.165, 1.54) is 62.5 Å². The molecule has 2 aliphatic carbocycles. The molecule has 0 radical (unpaired) electrons. The molecule has 2 atom stereocenters. The lowest BCUT2D eigenvalue weighted by Crippen LogP contribution is -2.07. The number of hydrogen-bond donors (Lipinski definition) is 0. The number of benzene rings is 2. The molecule has 2 nitrogen and oxygen atoms in total. The summed E-state index contributed by atoms with van der Waals surface area (Å²) in [7, 11) is 0. The van der Waals surface area contributed by atoms with Crippen LogP contribution in [0.15, 0.2) is 59.7 Å². The van der Waals surface area contributed by atoms with Crippen LogP contribution in [0.4, 0.5) is 0 Å². The molecule has 2 aromatic carbocycles. The summed E-state index contributed by atoms with van der Waals surface area (Å²) in [5.74, 6) is 1.22. The van der Waals surface area contributed by atoms with E-state index in [2.05, 4.69) is 74.5 Å². The van der Waals surface area contributed by atoms with Gasteiger partial charge in [0, 0.05) is 11.8 Å². The van der Waals surface area contributed by atoms with Crippen molar-refractivity contribution in [2.24, 2.45) is 11.8 Å². The van der Waals surface area contributed by atoms with E-state index < -0.39 is 0 Å². The van der Waals surface area contributed by atoms with E-state index in [4.69, 9.17) is 0 Å². The summed E-state index contributed by atoms with van der Waals surface area (Å²) in [6.07, 6.45) is 20.0. The van der Waals surface area contributed by atoms with Gasteiger partial charge in [0.2, 0.25) is 0 Å². The minimum atomic E-state index is 0.238. The van der Waals surface area contributed by atoms with Crippen molar-refractivity contribution in [3.63, 3.8) is 0 Å². The quantitative estimate of drug-likeness (QED) is 0.198. The summed E-state index contributed by atoms with van der Waals surface area (Å²) in [6.45, 7) is 4.45. The molecule has 0 N–H and O–H groups in total. The van der Waals surface area contributed by atoms with Crippen molar-refractivity contribution < 1.29 is 9.59 Å². The minimum Gasteiger partial charge on any atom is -0.294 e. The second-order valence-electron chi connectivity index (χ2n) is 11.5. The Morgan fingerprint density at radius 1 is 0.579 bits per heavy atom. The average Bonchev–Trinajstić information content (AvgIpc) is 3.46. The maximum atomic E-state index is 12.8. The third kappa shape index (κ3) is 7.65. The maximum Gasteiger partial charge on any atom is 0.161 e. The highest BCUT2D eigenvalue weighted by atomic mass is 16.1. The summed E-state index contributed by atoms with van der Waals surface area (Å²) in [4.78, 5) is 25.7. The van der Waals surface area contributed by atoms with Crippen LogP contribution in [-0.2, 0) is 9.59 Å². The molecule has 0 heterocycles. The molecule has 0 aliphatic heterocycles. The summed E-state index contributed by atoms with van der Waals surface area (Å²) >= 11 is 0. The molecule has 0 amide bonds. The molecule has 202 valence electrons. The molecular weight excluding hydrogens is 464 g/mol. The van der Waals surface area contributed by atoms with Crippen LogP contribution in [0.25, 0.3) is 23.3 Å². The Hall–Kier alpha value is -2.74. The monoisotopic (exact) mass is 510 g/mol. The first-order valence-electron chi connectivity index (χ1n) is 15.3. The first kappa shape index (κ1) is 28.3. The average molecular weight is 511 g/mol. The van der Waals surface area contributed by atoms with Gasteiger partial charge in [-0.05, 0) is 84.1 Å². The predicted molar refractivity (Wildman–Crippen MR) is 161 cm³/mol. The van der Waals surface area contributed by atoms with E-state index in [-0.39, 0.29) is 11.8 Å². The number of ketones is 2. The van der Waals surface area contributed by atoms with Gasteiger partial charge in [0.1, 0.15) is 0 Å². The number of unbranched alkanes of at least 4 members (excludes halogenated alkanes) is 6. The molecule has 0 bridgehead atoms. The summed E-state index contributed by atoms with van der Waals surface area (Å²) < 4.78 is 0. The second-order valence-corrected chi connectivity index (χ2v) is 11.5. The largest absolute Gasteiger partial charge is 0.294 e. The molecule has 0 saturated heterocycles. The highest BCUT2D eigenvalue weighted by Crippen LogP contribution is 2.34. The van der Waals surface area contributed by atoms with Gasteiger partial charge < -0.3 is 0 Å². The van der Waals surface area contributed by atoms with Crippen molar-refractivity contribution in [1.82, 2.24) is 0 Å². The molecule has 0 spiro atoms. The first-order chi connectivity index (χ1) is 18.6. The fraction of sp³-hybridized carbons (Fsp3) is 0.500. The van der Waals surface area contributed by atoms with E-state index in [1.807, 2.05) is 0 Å². The van der Waals surface area contributed by atoms with E-state index in [0.717, 1.165) is 60.8 Å². The Balaban J connectivity index is 1.32. The van der Waals surface area contributed by atoms with Crippen LogP contribution in [0.5, 0.6) is 0 Å². The Morgan fingerprint density at radius 2 is 0.974 bits per heavy atom. The van der Waals surface area contributed by atoms with E-state index in [1.54, 1.807) is 0 Å². The van der Waals surface area contributed by atoms with E-state index in [0.29, 0.717) is 11.6 Å². The van der Waals surface area contributed by atoms with Crippen molar-refractivity contribution in [3.8, 4) is 11.1 Å². The normalized spacial score (nSPS) is 21.7. The predicted octanol–water partition coefficient (Wildman–Crippen LogP) is 10.0. The van der Waals surface area contributed by atoms with Crippen molar-refractivity contribution in [2.45, 2.75) is 104 Å². The third-order valence-corrected chi connectivity index (χ3v) is 8.55. The molecule has 38 heavy (non-hydrogen) atoms. The van der Waals surface area contributed by atoms with Gasteiger partial charge in [-0.15, -0.1) is 0 Å². The summed E-state index contributed by atoms with van der Waals surface area (Å²) in [5.41, 5.74) is 6.55. The van der Waals surface area contributed by atoms with Gasteiger partial charge in [0.15, 0.2) is 11.6 Å². The van der Waals surface area contributed by atoms with Gasteiger partial charge in [0.05, 0.1) is 0 Å². The Morgan fingerprint density at radius 3 is 1.34 bits per heavy atom. The molecule has 2 fully saturated rings. The van der Waals surface area contributed by atoms with E-state index in [9.17, 15) is 9.59 Å². The molecule has 2 aromatic rings. The van der Waals surface area contributed by atoms with Crippen LogP contribution in [0, 0.1) is 11.8 Å². The van der Waals surface area contributed by atoms with Gasteiger partial charge in [-0.25, -0.2) is 0 Å². The number of carbonyl (C=O) groups is 2. The Bertz CT molecular complexity index is 1030. The zero-order valence-electron chi connectivity index (χ0n) is 23.6. The lowest BCUT2D eigenvalue weighted by Gasteiger charge is -2.07. The van der Waals surface area contributed by atoms with Gasteiger partial charge in [0.25, 0.3) is 0 Å². The highest BCUT2D eigenvalue weighted by Gasteiger charge is 2.29. The molecule has 2 unspecified atom stereocenters. The van der Waals surface area contributed by atoms with Crippen molar-refractivity contribution in [2.75, 3.05) is 0 Å². The van der Waals surface area contributed by atoms with Crippen LogP contribution in [0.2, 0.25) is 0 Å². The van der Waals surface area contributed by atoms with Crippen LogP contribution in [-0.4, -0.2) is 11.6 Å². The smallest absolute Gasteiger partial charge is 0.161 e. The van der Waals surface area contributed by atoms with E-state index >= 15 is 0 Å². The van der Waals surface area contributed by atoms with Crippen LogP contribution < -0.4 is 0 Å². The number of Topliss-reactive ketones (excluding diaryl/α,β-unsaturated/α-hetero) is 2. The van der Waals surface area contributed by atoms with Gasteiger partial charge in [-0.3, -0.25) is 9.59 Å². The lowest BCUT2D eigenvalue weighted by molar-refractivity contribution is -0.118. The van der Waals surface area contributed by atoms with Gasteiger partial charge in [-0.2, -0.15) is 0 Å². The molecule has 0 aromatic heterocycles. The lowest BCUT2D eigenvalue weighted by atomic mass is 9.97. The molecular formula is C36H46O2. The van der Waals surface area contributed by atoms with Gasteiger partial charge in [-0.1, -0.05) is 114 Å². The fourth-order valence-electron chi connectivity index (χ4n) is 6.11. The minimum absolute atomic E-state index is 0.238. The van der Waals surface area contributed by atoms with Gasteiger partial charge >= 0.3 is 0 Å². The van der Waals surface area contributed by atoms with Crippen LogP contribution in [0.1, 0.15) is 115 Å². The van der Waals surface area contributed by atoms with Crippen LogP contribution >= 0.6 is 0 Å². The first-order valence-corrected chi connectivity index (χ1v) is 15.3. The number of rotatable bonds is 13. The Kier molecular flexibility index (Phi) is 10.7. The maximum absolute atomic E-state index is 12.8. The topological polar surface area (TPSA) is 34.1 Å². The van der Waals surface area contributed by atoms with Crippen molar-refractivity contribution >= 4 is 23.7 Å². The number of hydrogen-bond acceptors (Lipinski definition) is 2. The molecule has 2 aliphatic rings.